The van der Waals surface area contributed by atoms with E-state index in [1.165, 1.54) is 37.9 Å². The van der Waals surface area contributed by atoms with Gasteiger partial charge in [-0.1, -0.05) is 61.0 Å². The van der Waals surface area contributed by atoms with Gasteiger partial charge in [-0.25, -0.2) is 0 Å². The van der Waals surface area contributed by atoms with Crippen molar-refractivity contribution in [2.75, 3.05) is 13.2 Å². The first-order valence-electron chi connectivity index (χ1n) is 10.3. The molecule has 1 heterocycles. The highest BCUT2D eigenvalue weighted by Crippen LogP contribution is 2.36. The van der Waals surface area contributed by atoms with Crippen LogP contribution in [0.25, 0.3) is 32.3 Å². The zero-order valence-corrected chi connectivity index (χ0v) is 16.3. The number of carbonyl (C=O) groups excluding carboxylic acids is 1. The van der Waals surface area contributed by atoms with Gasteiger partial charge in [0.2, 0.25) is 0 Å². The Morgan fingerprint density at radius 2 is 1.68 bits per heavy atom. The van der Waals surface area contributed by atoms with Gasteiger partial charge in [0.15, 0.2) is 0 Å². The average molecular weight is 371 g/mol. The van der Waals surface area contributed by atoms with E-state index in [-0.39, 0.29) is 12.0 Å². The SMILES string of the molecule is CCOC(=O)C1CCCCN1Cc1ccc2ccc3cccc4ccc1c2c34. The van der Waals surface area contributed by atoms with Crippen LogP contribution in [0, 0.1) is 0 Å². The quantitative estimate of drug-likeness (QED) is 0.350. The fourth-order valence-corrected chi connectivity index (χ4v) is 4.84. The van der Waals surface area contributed by atoms with Gasteiger partial charge in [-0.3, -0.25) is 9.69 Å². The molecule has 0 saturated carbocycles. The Kier molecular flexibility index (Phi) is 4.40. The molecule has 28 heavy (non-hydrogen) atoms. The van der Waals surface area contributed by atoms with E-state index in [0.29, 0.717) is 6.61 Å². The lowest BCUT2D eigenvalue weighted by Gasteiger charge is -2.34. The second kappa shape index (κ2) is 7.06. The molecular weight excluding hydrogens is 346 g/mol. The molecule has 3 nitrogen and oxygen atoms in total. The molecule has 1 aliphatic heterocycles. The predicted octanol–water partition coefficient (Wildman–Crippen LogP) is 5.50. The predicted molar refractivity (Wildman–Crippen MR) is 115 cm³/mol. The largest absolute Gasteiger partial charge is 0.465 e. The maximum atomic E-state index is 12.5. The summed E-state index contributed by atoms with van der Waals surface area (Å²) in [6, 6.07) is 19.8. The molecule has 1 aliphatic rings. The van der Waals surface area contributed by atoms with E-state index in [1.807, 2.05) is 6.92 Å². The molecule has 1 atom stereocenters. The van der Waals surface area contributed by atoms with Gasteiger partial charge in [0.1, 0.15) is 6.04 Å². The van der Waals surface area contributed by atoms with Crippen LogP contribution in [0.3, 0.4) is 0 Å². The number of nitrogens with zero attached hydrogens (tertiary/aromatic N) is 1. The van der Waals surface area contributed by atoms with E-state index in [9.17, 15) is 4.79 Å². The van der Waals surface area contributed by atoms with Crippen LogP contribution < -0.4 is 0 Å². The molecule has 0 bridgehead atoms. The van der Waals surface area contributed by atoms with Crippen LogP contribution in [-0.4, -0.2) is 30.1 Å². The maximum Gasteiger partial charge on any atom is 0.323 e. The molecule has 0 radical (unpaired) electrons. The number of rotatable bonds is 4. The third-order valence-electron chi connectivity index (χ3n) is 6.16. The lowest BCUT2D eigenvalue weighted by atomic mass is 9.91. The molecule has 0 amide bonds. The summed E-state index contributed by atoms with van der Waals surface area (Å²) in [6.07, 6.45) is 3.13. The Morgan fingerprint density at radius 3 is 2.46 bits per heavy atom. The van der Waals surface area contributed by atoms with Gasteiger partial charge >= 0.3 is 5.97 Å². The van der Waals surface area contributed by atoms with Gasteiger partial charge in [0, 0.05) is 6.54 Å². The van der Waals surface area contributed by atoms with Gasteiger partial charge < -0.3 is 4.74 Å². The smallest absolute Gasteiger partial charge is 0.323 e. The number of esters is 1. The molecular formula is C25H25NO2. The summed E-state index contributed by atoms with van der Waals surface area (Å²) >= 11 is 0. The molecule has 0 aromatic heterocycles. The summed E-state index contributed by atoms with van der Waals surface area (Å²) in [4.78, 5) is 14.8. The van der Waals surface area contributed by atoms with E-state index in [4.69, 9.17) is 4.74 Å². The first-order chi connectivity index (χ1) is 13.8. The van der Waals surface area contributed by atoms with E-state index in [2.05, 4.69) is 59.5 Å². The van der Waals surface area contributed by atoms with Crippen LogP contribution >= 0.6 is 0 Å². The zero-order valence-electron chi connectivity index (χ0n) is 16.3. The molecule has 1 unspecified atom stereocenters. The fraction of sp³-hybridized carbons (Fsp3) is 0.320. The third kappa shape index (κ3) is 2.82. The fourth-order valence-electron chi connectivity index (χ4n) is 4.84. The maximum absolute atomic E-state index is 12.5. The van der Waals surface area contributed by atoms with Crippen molar-refractivity contribution >= 4 is 38.3 Å². The van der Waals surface area contributed by atoms with Crippen molar-refractivity contribution in [2.45, 2.75) is 38.8 Å². The number of benzene rings is 4. The number of piperidine rings is 1. The van der Waals surface area contributed by atoms with Crippen molar-refractivity contribution < 1.29 is 9.53 Å². The standard InChI is InChI=1S/C25H25NO2/c1-2-28-25(27)22-8-3-4-15-26(22)16-20-12-11-19-10-9-17-6-5-7-18-13-14-21(20)24(19)23(17)18/h5-7,9-14,22H,2-4,8,15-16H2,1H3. The van der Waals surface area contributed by atoms with Crippen molar-refractivity contribution in [3.05, 3.63) is 60.2 Å². The zero-order chi connectivity index (χ0) is 19.1. The van der Waals surface area contributed by atoms with Crippen LogP contribution in [0.15, 0.2) is 54.6 Å². The molecule has 0 N–H and O–H groups in total. The Morgan fingerprint density at radius 1 is 0.964 bits per heavy atom. The summed E-state index contributed by atoms with van der Waals surface area (Å²) in [5.74, 6) is -0.0695. The number of hydrogen-bond acceptors (Lipinski definition) is 3. The number of likely N-dealkylation sites (tertiary alicyclic amines) is 1. The van der Waals surface area contributed by atoms with Crippen molar-refractivity contribution in [2.24, 2.45) is 0 Å². The van der Waals surface area contributed by atoms with Crippen LogP contribution in [-0.2, 0) is 16.1 Å². The molecule has 1 fully saturated rings. The molecule has 0 spiro atoms. The second-order valence-corrected chi connectivity index (χ2v) is 7.81. The lowest BCUT2D eigenvalue weighted by Crippen LogP contribution is -2.44. The van der Waals surface area contributed by atoms with E-state index >= 15 is 0 Å². The van der Waals surface area contributed by atoms with Gasteiger partial charge in [0.05, 0.1) is 6.61 Å². The van der Waals surface area contributed by atoms with Crippen molar-refractivity contribution in [3.8, 4) is 0 Å². The summed E-state index contributed by atoms with van der Waals surface area (Å²) in [5, 5.41) is 7.85. The van der Waals surface area contributed by atoms with Gasteiger partial charge in [-0.15, -0.1) is 0 Å². The minimum atomic E-state index is -0.118. The lowest BCUT2D eigenvalue weighted by molar-refractivity contribution is -0.151. The van der Waals surface area contributed by atoms with Gasteiger partial charge in [-0.05, 0) is 64.2 Å². The Bertz CT molecular complexity index is 1130. The van der Waals surface area contributed by atoms with Crippen LogP contribution in [0.1, 0.15) is 31.7 Å². The average Bonchev–Trinajstić information content (AvgIpc) is 2.73. The van der Waals surface area contributed by atoms with E-state index in [0.717, 1.165) is 32.4 Å². The first-order valence-corrected chi connectivity index (χ1v) is 10.3. The molecule has 1 saturated heterocycles. The first kappa shape index (κ1) is 17.4. The van der Waals surface area contributed by atoms with Crippen molar-refractivity contribution in [1.29, 1.82) is 0 Å². The minimum Gasteiger partial charge on any atom is -0.465 e. The normalized spacial score (nSPS) is 18.2. The number of carbonyl (C=O) groups is 1. The minimum absolute atomic E-state index is 0.0695. The highest BCUT2D eigenvalue weighted by Gasteiger charge is 2.30. The van der Waals surface area contributed by atoms with E-state index in [1.54, 1.807) is 0 Å². The molecule has 3 heteroatoms. The number of ether oxygens (including phenoxy) is 1. The van der Waals surface area contributed by atoms with Crippen LogP contribution in [0.4, 0.5) is 0 Å². The molecule has 0 aliphatic carbocycles. The Labute approximate surface area is 165 Å². The third-order valence-corrected chi connectivity index (χ3v) is 6.16. The molecule has 4 aromatic rings. The highest BCUT2D eigenvalue weighted by molar-refractivity contribution is 6.23. The Balaban J connectivity index is 1.60. The van der Waals surface area contributed by atoms with Gasteiger partial charge in [0.25, 0.3) is 0 Å². The second-order valence-electron chi connectivity index (χ2n) is 7.81. The molecule has 4 aromatic carbocycles. The monoisotopic (exact) mass is 371 g/mol. The van der Waals surface area contributed by atoms with E-state index < -0.39 is 0 Å². The van der Waals surface area contributed by atoms with Crippen LogP contribution in [0.2, 0.25) is 0 Å². The molecule has 5 rings (SSSR count). The summed E-state index contributed by atoms with van der Waals surface area (Å²) in [7, 11) is 0. The molecule has 142 valence electrons. The van der Waals surface area contributed by atoms with Crippen LogP contribution in [0.5, 0.6) is 0 Å². The highest BCUT2D eigenvalue weighted by atomic mass is 16.5. The summed E-state index contributed by atoms with van der Waals surface area (Å²) in [5.41, 5.74) is 1.29. The summed E-state index contributed by atoms with van der Waals surface area (Å²) < 4.78 is 5.35. The summed E-state index contributed by atoms with van der Waals surface area (Å²) in [6.45, 7) is 4.07. The van der Waals surface area contributed by atoms with Crippen molar-refractivity contribution in [1.82, 2.24) is 4.90 Å². The van der Waals surface area contributed by atoms with Gasteiger partial charge in [-0.2, -0.15) is 0 Å². The number of hydrogen-bond donors (Lipinski definition) is 0. The van der Waals surface area contributed by atoms with Crippen molar-refractivity contribution in [3.63, 3.8) is 0 Å². The topological polar surface area (TPSA) is 29.5 Å². The Hall–Kier alpha value is -2.65.